The number of amides is 1. The van der Waals surface area contributed by atoms with E-state index < -0.39 is 0 Å². The van der Waals surface area contributed by atoms with Crippen LogP contribution in [-0.2, 0) is 4.79 Å². The molecule has 0 saturated heterocycles. The molecule has 0 aliphatic carbocycles. The van der Waals surface area contributed by atoms with Crippen molar-refractivity contribution in [2.24, 2.45) is 5.92 Å². The zero-order chi connectivity index (χ0) is 11.7. The molecule has 4 heteroatoms. The summed E-state index contributed by atoms with van der Waals surface area (Å²) >= 11 is 0. The molecule has 16 heavy (non-hydrogen) atoms. The number of nitrogens with zero attached hydrogens (tertiary/aromatic N) is 2. The molecule has 1 heterocycles. The van der Waals surface area contributed by atoms with Crippen molar-refractivity contribution in [2.75, 3.05) is 18.6 Å². The van der Waals surface area contributed by atoms with Gasteiger partial charge in [0.1, 0.15) is 5.75 Å². The fourth-order valence-electron chi connectivity index (χ4n) is 1.71. The Morgan fingerprint density at radius 2 is 2.31 bits per heavy atom. The summed E-state index contributed by atoms with van der Waals surface area (Å²) in [6.07, 6.45) is 0. The Balaban J connectivity index is 2.50. The standard InChI is InChI=1S/C12H12N2O2/c1-8-7-16-11-4-3-9(6-13)5-10(11)14(2)12(8)15/h3-5,8H,7H2,1-2H3/t8-/m0/s1. The number of hydrogen-bond acceptors (Lipinski definition) is 3. The number of rotatable bonds is 0. The first kappa shape index (κ1) is 10.5. The number of anilines is 1. The molecule has 1 aliphatic heterocycles. The quantitative estimate of drug-likeness (QED) is 0.661. The molecular weight excluding hydrogens is 204 g/mol. The van der Waals surface area contributed by atoms with Gasteiger partial charge in [0.15, 0.2) is 0 Å². The highest BCUT2D eigenvalue weighted by molar-refractivity contribution is 5.96. The minimum Gasteiger partial charge on any atom is -0.491 e. The lowest BCUT2D eigenvalue weighted by Crippen LogP contribution is -2.31. The topological polar surface area (TPSA) is 53.3 Å². The van der Waals surface area contributed by atoms with E-state index in [0.717, 1.165) is 0 Å². The molecular formula is C12H12N2O2. The third-order valence-electron chi connectivity index (χ3n) is 2.69. The van der Waals surface area contributed by atoms with Gasteiger partial charge in [0.2, 0.25) is 5.91 Å². The smallest absolute Gasteiger partial charge is 0.233 e. The van der Waals surface area contributed by atoms with Gasteiger partial charge in [-0.3, -0.25) is 4.79 Å². The van der Waals surface area contributed by atoms with Gasteiger partial charge in [-0.15, -0.1) is 0 Å². The van der Waals surface area contributed by atoms with Crippen molar-refractivity contribution in [1.82, 2.24) is 0 Å². The average Bonchev–Trinajstić information content (AvgIpc) is 2.42. The van der Waals surface area contributed by atoms with Crippen molar-refractivity contribution in [3.8, 4) is 11.8 Å². The SMILES string of the molecule is C[C@H]1COc2ccc(C#N)cc2N(C)C1=O. The molecule has 2 rings (SSSR count). The third-order valence-corrected chi connectivity index (χ3v) is 2.69. The predicted octanol–water partition coefficient (Wildman–Crippen LogP) is 1.55. The summed E-state index contributed by atoms with van der Waals surface area (Å²) in [5.41, 5.74) is 1.19. The molecule has 0 bridgehead atoms. The largest absolute Gasteiger partial charge is 0.491 e. The Kier molecular flexibility index (Phi) is 2.53. The molecule has 1 atom stereocenters. The minimum absolute atomic E-state index is 0.00818. The zero-order valence-electron chi connectivity index (χ0n) is 9.23. The minimum atomic E-state index is -0.164. The highest BCUT2D eigenvalue weighted by Gasteiger charge is 2.25. The van der Waals surface area contributed by atoms with Crippen molar-refractivity contribution in [1.29, 1.82) is 5.26 Å². The number of carbonyl (C=O) groups excluding carboxylic acids is 1. The number of ether oxygens (including phenoxy) is 1. The highest BCUT2D eigenvalue weighted by atomic mass is 16.5. The van der Waals surface area contributed by atoms with E-state index in [1.165, 1.54) is 0 Å². The van der Waals surface area contributed by atoms with Gasteiger partial charge in [0.25, 0.3) is 0 Å². The molecule has 0 N–H and O–H groups in total. The summed E-state index contributed by atoms with van der Waals surface area (Å²) in [5, 5.41) is 8.82. The molecule has 0 saturated carbocycles. The van der Waals surface area contributed by atoms with Crippen LogP contribution in [-0.4, -0.2) is 19.6 Å². The molecule has 0 fully saturated rings. The highest BCUT2D eigenvalue weighted by Crippen LogP contribution is 2.32. The number of carbonyl (C=O) groups is 1. The van der Waals surface area contributed by atoms with E-state index in [1.54, 1.807) is 30.1 Å². The second kappa shape index (κ2) is 3.86. The van der Waals surface area contributed by atoms with Gasteiger partial charge < -0.3 is 9.64 Å². The summed E-state index contributed by atoms with van der Waals surface area (Å²) in [6.45, 7) is 2.21. The summed E-state index contributed by atoms with van der Waals surface area (Å²) in [7, 11) is 1.70. The molecule has 4 nitrogen and oxygen atoms in total. The maximum absolute atomic E-state index is 11.9. The van der Waals surface area contributed by atoms with Gasteiger partial charge in [-0.1, -0.05) is 6.92 Å². The lowest BCUT2D eigenvalue weighted by Gasteiger charge is -2.17. The van der Waals surface area contributed by atoms with Crippen LogP contribution in [0.1, 0.15) is 12.5 Å². The molecule has 0 radical (unpaired) electrons. The van der Waals surface area contributed by atoms with E-state index in [4.69, 9.17) is 10.00 Å². The van der Waals surface area contributed by atoms with Gasteiger partial charge >= 0.3 is 0 Å². The second-order valence-corrected chi connectivity index (χ2v) is 3.90. The molecule has 0 spiro atoms. The molecule has 1 aliphatic rings. The van der Waals surface area contributed by atoms with Crippen molar-refractivity contribution in [2.45, 2.75) is 6.92 Å². The maximum atomic E-state index is 11.9. The number of fused-ring (bicyclic) bond motifs is 1. The van der Waals surface area contributed by atoms with E-state index >= 15 is 0 Å². The fraction of sp³-hybridized carbons (Fsp3) is 0.333. The van der Waals surface area contributed by atoms with Crippen LogP contribution in [0.2, 0.25) is 0 Å². The molecule has 0 aromatic heterocycles. The molecule has 0 unspecified atom stereocenters. The summed E-state index contributed by atoms with van der Waals surface area (Å²) in [4.78, 5) is 13.4. The first-order valence-electron chi connectivity index (χ1n) is 5.08. The Hall–Kier alpha value is -2.02. The second-order valence-electron chi connectivity index (χ2n) is 3.90. The zero-order valence-corrected chi connectivity index (χ0v) is 9.23. The van der Waals surface area contributed by atoms with Crippen LogP contribution in [0, 0.1) is 17.2 Å². The van der Waals surface area contributed by atoms with Crippen LogP contribution in [0.25, 0.3) is 0 Å². The lowest BCUT2D eigenvalue weighted by atomic mass is 10.1. The number of benzene rings is 1. The van der Waals surface area contributed by atoms with E-state index in [2.05, 4.69) is 6.07 Å². The third kappa shape index (κ3) is 1.61. The van der Waals surface area contributed by atoms with Crippen molar-refractivity contribution in [3.05, 3.63) is 23.8 Å². The van der Waals surface area contributed by atoms with Gasteiger partial charge in [-0.2, -0.15) is 5.26 Å². The molecule has 1 amide bonds. The van der Waals surface area contributed by atoms with Crippen molar-refractivity contribution >= 4 is 11.6 Å². The van der Waals surface area contributed by atoms with Crippen LogP contribution in [0.15, 0.2) is 18.2 Å². The number of nitriles is 1. The molecule has 1 aromatic carbocycles. The summed E-state index contributed by atoms with van der Waals surface area (Å²) < 4.78 is 5.53. The average molecular weight is 216 g/mol. The van der Waals surface area contributed by atoms with Gasteiger partial charge in [-0.05, 0) is 18.2 Å². The van der Waals surface area contributed by atoms with E-state index in [-0.39, 0.29) is 11.8 Å². The first-order chi connectivity index (χ1) is 7.63. The lowest BCUT2D eigenvalue weighted by molar-refractivity contribution is -0.122. The van der Waals surface area contributed by atoms with E-state index in [9.17, 15) is 4.79 Å². The van der Waals surface area contributed by atoms with Crippen LogP contribution < -0.4 is 9.64 Å². The first-order valence-corrected chi connectivity index (χ1v) is 5.08. The Bertz CT molecular complexity index is 476. The van der Waals surface area contributed by atoms with Crippen LogP contribution >= 0.6 is 0 Å². The van der Waals surface area contributed by atoms with Gasteiger partial charge in [0.05, 0.1) is 29.8 Å². The number of hydrogen-bond donors (Lipinski definition) is 0. The van der Waals surface area contributed by atoms with Crippen LogP contribution in [0.5, 0.6) is 5.75 Å². The molecule has 1 aromatic rings. The maximum Gasteiger partial charge on any atom is 0.233 e. The fourth-order valence-corrected chi connectivity index (χ4v) is 1.71. The monoisotopic (exact) mass is 216 g/mol. The van der Waals surface area contributed by atoms with Crippen molar-refractivity contribution in [3.63, 3.8) is 0 Å². The van der Waals surface area contributed by atoms with Crippen LogP contribution in [0.4, 0.5) is 5.69 Å². The molecule has 82 valence electrons. The summed E-state index contributed by atoms with van der Waals surface area (Å²) in [5.74, 6) is 0.496. The van der Waals surface area contributed by atoms with E-state index in [1.807, 2.05) is 6.92 Å². The Labute approximate surface area is 94.0 Å². The summed E-state index contributed by atoms with van der Waals surface area (Å²) in [6, 6.07) is 7.14. The van der Waals surface area contributed by atoms with Gasteiger partial charge in [-0.25, -0.2) is 0 Å². The predicted molar refractivity (Wildman–Crippen MR) is 59.2 cm³/mol. The van der Waals surface area contributed by atoms with Crippen molar-refractivity contribution < 1.29 is 9.53 Å². The Morgan fingerprint density at radius 3 is 3.00 bits per heavy atom. The normalized spacial score (nSPS) is 19.4. The van der Waals surface area contributed by atoms with Crippen LogP contribution in [0.3, 0.4) is 0 Å². The van der Waals surface area contributed by atoms with E-state index in [0.29, 0.717) is 23.6 Å². The van der Waals surface area contributed by atoms with Gasteiger partial charge in [0, 0.05) is 7.05 Å². The Morgan fingerprint density at radius 1 is 1.56 bits per heavy atom.